The number of carbonyl (C=O) groups is 1. The van der Waals surface area contributed by atoms with E-state index in [4.69, 9.17) is 19.9 Å². The normalized spacial score (nSPS) is 28.3. The van der Waals surface area contributed by atoms with Crippen molar-refractivity contribution in [2.75, 3.05) is 32.2 Å². The first-order chi connectivity index (χ1) is 15.8. The maximum Gasteiger partial charge on any atom is 0.275 e. The third kappa shape index (κ3) is 4.04. The van der Waals surface area contributed by atoms with Crippen molar-refractivity contribution in [2.45, 2.75) is 29.7 Å². The number of aliphatic imine (C=N–C) groups is 1. The smallest absolute Gasteiger partial charge is 0.275 e. The number of amidine groups is 1. The van der Waals surface area contributed by atoms with Crippen LogP contribution in [-0.4, -0.2) is 58.8 Å². The standard InChI is InChI=1S/C22H24FN5O4S/c1-21(17-6-22(17,11-30-2)33-20(24)28-21)14-5-12(3-4-15(14)23)27-19(29)16-7-26-18(8-25-16)32-13-9-31-10-13/h3-5,7-8,13,17H,6,9-11H2,1-2H3,(H2,24,28)(H,27,29)/t17-,21+,22+/m0/s1. The van der Waals surface area contributed by atoms with E-state index in [1.807, 2.05) is 6.92 Å². The lowest BCUT2D eigenvalue weighted by Crippen LogP contribution is -2.38. The van der Waals surface area contributed by atoms with Gasteiger partial charge in [0.1, 0.15) is 17.6 Å². The molecule has 3 atom stereocenters. The first-order valence-corrected chi connectivity index (χ1v) is 11.4. The Bertz CT molecular complexity index is 1110. The topological polar surface area (TPSA) is 121 Å². The van der Waals surface area contributed by atoms with Crippen LogP contribution in [0.1, 0.15) is 29.4 Å². The van der Waals surface area contributed by atoms with Crippen molar-refractivity contribution < 1.29 is 23.4 Å². The quantitative estimate of drug-likeness (QED) is 0.629. The van der Waals surface area contributed by atoms with E-state index >= 15 is 0 Å². The van der Waals surface area contributed by atoms with Gasteiger partial charge in [-0.05, 0) is 31.5 Å². The molecule has 2 fully saturated rings. The number of nitrogens with one attached hydrogen (secondary N) is 1. The predicted octanol–water partition coefficient (Wildman–Crippen LogP) is 2.33. The number of fused-ring (bicyclic) bond motifs is 1. The Hall–Kier alpha value is -2.76. The van der Waals surface area contributed by atoms with E-state index < -0.39 is 17.3 Å². The van der Waals surface area contributed by atoms with Crippen molar-refractivity contribution in [3.8, 4) is 5.88 Å². The highest BCUT2D eigenvalue weighted by Crippen LogP contribution is 2.66. The van der Waals surface area contributed by atoms with Gasteiger partial charge in [0.15, 0.2) is 5.17 Å². The van der Waals surface area contributed by atoms with E-state index in [9.17, 15) is 9.18 Å². The van der Waals surface area contributed by atoms with E-state index in [1.165, 1.54) is 36.3 Å². The second kappa shape index (κ2) is 8.23. The Morgan fingerprint density at radius 2 is 2.18 bits per heavy atom. The molecule has 11 heteroatoms. The third-order valence-corrected chi connectivity index (χ3v) is 7.54. The lowest BCUT2D eigenvalue weighted by atomic mass is 9.85. The van der Waals surface area contributed by atoms with Gasteiger partial charge in [-0.1, -0.05) is 11.8 Å². The van der Waals surface area contributed by atoms with Gasteiger partial charge in [-0.3, -0.25) is 9.79 Å². The van der Waals surface area contributed by atoms with Gasteiger partial charge >= 0.3 is 0 Å². The number of carbonyl (C=O) groups excluding carboxylic acids is 1. The number of nitrogens with zero attached hydrogens (tertiary/aromatic N) is 3. The van der Waals surface area contributed by atoms with Crippen molar-refractivity contribution in [2.24, 2.45) is 16.6 Å². The Balaban J connectivity index is 1.35. The molecule has 1 aromatic carbocycles. The molecule has 1 saturated carbocycles. The largest absolute Gasteiger partial charge is 0.468 e. The average molecular weight is 474 g/mol. The van der Waals surface area contributed by atoms with Crippen LogP contribution in [-0.2, 0) is 15.0 Å². The van der Waals surface area contributed by atoms with E-state index in [0.29, 0.717) is 42.1 Å². The molecule has 1 aliphatic carbocycles. The summed E-state index contributed by atoms with van der Waals surface area (Å²) in [5.41, 5.74) is 6.17. The fourth-order valence-corrected chi connectivity index (χ4v) is 5.91. The molecule has 3 heterocycles. The molecule has 33 heavy (non-hydrogen) atoms. The third-order valence-electron chi connectivity index (χ3n) is 6.27. The van der Waals surface area contributed by atoms with Crippen LogP contribution in [0.4, 0.5) is 10.1 Å². The van der Waals surface area contributed by atoms with Crippen molar-refractivity contribution in [1.82, 2.24) is 9.97 Å². The van der Waals surface area contributed by atoms with Gasteiger partial charge < -0.3 is 25.3 Å². The van der Waals surface area contributed by atoms with Crippen LogP contribution in [0.2, 0.25) is 0 Å². The zero-order valence-electron chi connectivity index (χ0n) is 18.2. The molecule has 9 nitrogen and oxygen atoms in total. The lowest BCUT2D eigenvalue weighted by molar-refractivity contribution is -0.0814. The SMILES string of the molecule is COC[C@]12C[C@H]1[C@@](C)(c1cc(NC(=O)c3cnc(OC4COC4)cn3)ccc1F)N=C(N)S2. The lowest BCUT2D eigenvalue weighted by Gasteiger charge is -2.34. The fourth-order valence-electron chi connectivity index (χ4n) is 4.46. The molecular formula is C22H24FN5O4S. The van der Waals surface area contributed by atoms with Gasteiger partial charge in [0.2, 0.25) is 5.88 Å². The number of benzene rings is 1. The Morgan fingerprint density at radius 3 is 2.85 bits per heavy atom. The number of amides is 1. The van der Waals surface area contributed by atoms with Crippen LogP contribution in [0.25, 0.3) is 0 Å². The predicted molar refractivity (Wildman–Crippen MR) is 121 cm³/mol. The van der Waals surface area contributed by atoms with Crippen molar-refractivity contribution in [3.63, 3.8) is 0 Å². The van der Waals surface area contributed by atoms with Gasteiger partial charge in [0.05, 0.1) is 42.5 Å². The zero-order valence-corrected chi connectivity index (χ0v) is 19.0. The molecule has 5 rings (SSSR count). The number of thioether (sulfide) groups is 1. The highest BCUT2D eigenvalue weighted by molar-refractivity contribution is 8.15. The molecule has 3 aliphatic rings. The highest BCUT2D eigenvalue weighted by atomic mass is 32.2. The second-order valence-electron chi connectivity index (χ2n) is 8.62. The Labute approximate surface area is 194 Å². The van der Waals surface area contributed by atoms with E-state index in [2.05, 4.69) is 20.3 Å². The van der Waals surface area contributed by atoms with Crippen LogP contribution in [0.5, 0.6) is 5.88 Å². The zero-order chi connectivity index (χ0) is 23.2. The summed E-state index contributed by atoms with van der Waals surface area (Å²) in [6.07, 6.45) is 3.51. The van der Waals surface area contributed by atoms with Gasteiger partial charge in [0, 0.05) is 24.3 Å². The highest BCUT2D eigenvalue weighted by Gasteiger charge is 2.66. The van der Waals surface area contributed by atoms with Crippen LogP contribution >= 0.6 is 11.8 Å². The number of aromatic nitrogens is 2. The molecular weight excluding hydrogens is 449 g/mol. The van der Waals surface area contributed by atoms with E-state index in [-0.39, 0.29) is 22.5 Å². The molecule has 0 bridgehead atoms. The van der Waals surface area contributed by atoms with Gasteiger partial charge in [-0.25, -0.2) is 14.4 Å². The summed E-state index contributed by atoms with van der Waals surface area (Å²) in [4.78, 5) is 25.6. The molecule has 2 aromatic rings. The molecule has 174 valence electrons. The first kappa shape index (κ1) is 22.1. The monoisotopic (exact) mass is 473 g/mol. The minimum absolute atomic E-state index is 0.0399. The van der Waals surface area contributed by atoms with Gasteiger partial charge in [0.25, 0.3) is 5.91 Å². The van der Waals surface area contributed by atoms with Crippen molar-refractivity contribution in [1.29, 1.82) is 0 Å². The number of methoxy groups -OCH3 is 1. The van der Waals surface area contributed by atoms with Gasteiger partial charge in [-0.15, -0.1) is 0 Å². The van der Waals surface area contributed by atoms with Crippen molar-refractivity contribution in [3.05, 3.63) is 47.7 Å². The molecule has 1 amide bonds. The minimum atomic E-state index is -0.858. The molecule has 3 N–H and O–H groups in total. The average Bonchev–Trinajstić information content (AvgIpc) is 3.47. The summed E-state index contributed by atoms with van der Waals surface area (Å²) in [6.45, 7) is 3.41. The number of rotatable bonds is 7. The van der Waals surface area contributed by atoms with E-state index in [0.717, 1.165) is 6.42 Å². The number of hydrogen-bond donors (Lipinski definition) is 2. The fraction of sp³-hybridized carbons (Fsp3) is 0.455. The number of anilines is 1. The van der Waals surface area contributed by atoms with Crippen LogP contribution in [0.3, 0.4) is 0 Å². The summed E-state index contributed by atoms with van der Waals surface area (Å²) >= 11 is 1.49. The summed E-state index contributed by atoms with van der Waals surface area (Å²) in [5, 5.41) is 3.17. The molecule has 1 saturated heterocycles. The summed E-state index contributed by atoms with van der Waals surface area (Å²) in [6, 6.07) is 4.44. The summed E-state index contributed by atoms with van der Waals surface area (Å²) in [5.74, 6) is -0.474. The molecule has 1 aromatic heterocycles. The van der Waals surface area contributed by atoms with Crippen molar-refractivity contribution >= 4 is 28.5 Å². The van der Waals surface area contributed by atoms with Crippen LogP contribution < -0.4 is 15.8 Å². The first-order valence-electron chi connectivity index (χ1n) is 10.5. The second-order valence-corrected chi connectivity index (χ2v) is 10.1. The van der Waals surface area contributed by atoms with Crippen LogP contribution in [0, 0.1) is 11.7 Å². The Kier molecular flexibility index (Phi) is 5.50. The maximum absolute atomic E-state index is 15.0. The molecule has 2 aliphatic heterocycles. The number of nitrogens with two attached hydrogens (primary N) is 1. The number of halogens is 1. The van der Waals surface area contributed by atoms with Gasteiger partial charge in [-0.2, -0.15) is 0 Å². The Morgan fingerprint density at radius 1 is 1.36 bits per heavy atom. The minimum Gasteiger partial charge on any atom is -0.468 e. The molecule has 0 radical (unpaired) electrons. The molecule has 0 spiro atoms. The maximum atomic E-state index is 15.0. The molecule has 0 unspecified atom stereocenters. The number of ether oxygens (including phenoxy) is 3. The summed E-state index contributed by atoms with van der Waals surface area (Å²) < 4.78 is 30.8. The number of hydrogen-bond acceptors (Lipinski definition) is 9. The summed E-state index contributed by atoms with van der Waals surface area (Å²) in [7, 11) is 1.64. The van der Waals surface area contributed by atoms with E-state index in [1.54, 1.807) is 13.2 Å². The van der Waals surface area contributed by atoms with Crippen LogP contribution in [0.15, 0.2) is 35.6 Å².